The number of hydrogen-bond donors (Lipinski definition) is 0. The van der Waals surface area contributed by atoms with Crippen LogP contribution in [0.4, 0.5) is 17.1 Å². The number of aromatic nitrogens is 1. The van der Waals surface area contributed by atoms with Gasteiger partial charge in [0.2, 0.25) is 0 Å². The molecule has 2 nitrogen and oxygen atoms in total. The molecule has 0 radical (unpaired) electrons. The Morgan fingerprint density at radius 2 is 0.810 bits per heavy atom. The van der Waals surface area contributed by atoms with Gasteiger partial charge < -0.3 is 9.47 Å². The smallest absolute Gasteiger partial charge is 0.0640 e. The average Bonchev–Trinajstić information content (AvgIpc) is 3.91. The Balaban J connectivity index is 1.04. The molecular formula is C60H40N2S. The minimum atomic E-state index is 1.09. The van der Waals surface area contributed by atoms with E-state index in [9.17, 15) is 0 Å². The highest BCUT2D eigenvalue weighted by Crippen LogP contribution is 2.51. The highest BCUT2D eigenvalue weighted by atomic mass is 32.1. The molecule has 0 aliphatic carbocycles. The molecule has 0 saturated heterocycles. The van der Waals surface area contributed by atoms with Gasteiger partial charge in [-0.15, -0.1) is 11.3 Å². The minimum Gasteiger partial charge on any atom is -0.309 e. The molecule has 0 fully saturated rings. The molecule has 0 bridgehead atoms. The van der Waals surface area contributed by atoms with E-state index in [0.29, 0.717) is 0 Å². The summed E-state index contributed by atoms with van der Waals surface area (Å²) in [5, 5.41) is 5.09. The number of anilines is 3. The minimum absolute atomic E-state index is 1.09. The molecule has 0 N–H and O–H groups in total. The van der Waals surface area contributed by atoms with Gasteiger partial charge in [0.1, 0.15) is 0 Å². The lowest BCUT2D eigenvalue weighted by molar-refractivity contribution is 1.18. The molecule has 296 valence electrons. The molecule has 0 atom stereocenters. The van der Waals surface area contributed by atoms with Crippen LogP contribution in [0.3, 0.4) is 0 Å². The molecule has 10 aromatic carbocycles. The van der Waals surface area contributed by atoms with E-state index in [2.05, 4.69) is 252 Å². The highest BCUT2D eigenvalue weighted by molar-refractivity contribution is 7.26. The second-order valence-electron chi connectivity index (χ2n) is 16.0. The number of fused-ring (bicyclic) bond motifs is 6. The van der Waals surface area contributed by atoms with Crippen LogP contribution in [0.1, 0.15) is 0 Å². The van der Waals surface area contributed by atoms with E-state index < -0.39 is 0 Å². The standard InChI is InChI=1S/C60H40N2S/c1-3-17-43(18-4-1)47-21-7-8-25-52(47)59-48(44-19-5-2-6-20-44)26-15-30-56(59)62(57-31-16-27-53-51-24-11-14-32-58(51)63-60(53)57)46-39-35-42(36-40-46)41-33-37-45(38-34-41)61-54-28-12-9-22-49(54)50-23-10-13-29-55(50)61/h1-40H. The van der Waals surface area contributed by atoms with Gasteiger partial charge in [-0.1, -0.05) is 188 Å². The molecule has 0 saturated carbocycles. The van der Waals surface area contributed by atoms with Crippen LogP contribution in [0.25, 0.3) is 92.2 Å². The summed E-state index contributed by atoms with van der Waals surface area (Å²) in [7, 11) is 0. The molecule has 0 unspecified atom stereocenters. The Hall–Kier alpha value is -7.98. The zero-order chi connectivity index (χ0) is 41.7. The van der Waals surface area contributed by atoms with Gasteiger partial charge in [0.15, 0.2) is 0 Å². The number of benzene rings is 10. The molecule has 12 aromatic rings. The number of rotatable bonds is 8. The third-order valence-corrected chi connectivity index (χ3v) is 13.6. The summed E-state index contributed by atoms with van der Waals surface area (Å²) >= 11 is 1.87. The van der Waals surface area contributed by atoms with Crippen LogP contribution < -0.4 is 4.90 Å². The van der Waals surface area contributed by atoms with Gasteiger partial charge >= 0.3 is 0 Å². The van der Waals surface area contributed by atoms with Crippen molar-refractivity contribution in [3.63, 3.8) is 0 Å². The van der Waals surface area contributed by atoms with Crippen LogP contribution in [0, 0.1) is 0 Å². The van der Waals surface area contributed by atoms with Crippen molar-refractivity contribution in [2.24, 2.45) is 0 Å². The monoisotopic (exact) mass is 820 g/mol. The lowest BCUT2D eigenvalue weighted by atomic mass is 9.87. The first-order valence-electron chi connectivity index (χ1n) is 21.5. The molecule has 3 heteroatoms. The molecule has 12 rings (SSSR count). The van der Waals surface area contributed by atoms with E-state index in [-0.39, 0.29) is 0 Å². The Morgan fingerprint density at radius 3 is 1.49 bits per heavy atom. The maximum absolute atomic E-state index is 2.50. The second-order valence-corrected chi connectivity index (χ2v) is 17.1. The summed E-state index contributed by atoms with van der Waals surface area (Å²) in [6.45, 7) is 0. The zero-order valence-electron chi connectivity index (χ0n) is 34.4. The molecule has 0 aliphatic heterocycles. The Morgan fingerprint density at radius 1 is 0.317 bits per heavy atom. The maximum Gasteiger partial charge on any atom is 0.0640 e. The number of nitrogens with zero attached hydrogens (tertiary/aromatic N) is 2. The number of thiophene rings is 1. The molecular weight excluding hydrogens is 781 g/mol. The normalized spacial score (nSPS) is 11.5. The van der Waals surface area contributed by atoms with Crippen molar-refractivity contribution in [1.29, 1.82) is 0 Å². The fourth-order valence-corrected chi connectivity index (χ4v) is 10.8. The molecule has 0 spiro atoms. The number of para-hydroxylation sites is 2. The summed E-state index contributed by atoms with van der Waals surface area (Å²) in [6.07, 6.45) is 0. The Bertz CT molecular complexity index is 3550. The molecule has 0 amide bonds. The van der Waals surface area contributed by atoms with Crippen molar-refractivity contribution in [2.75, 3.05) is 4.90 Å². The van der Waals surface area contributed by atoms with Crippen molar-refractivity contribution < 1.29 is 0 Å². The molecule has 2 aromatic heterocycles. The Kier molecular flexibility index (Phi) is 9.06. The molecule has 63 heavy (non-hydrogen) atoms. The fraction of sp³-hybridized carbons (Fsp3) is 0. The van der Waals surface area contributed by atoms with Crippen LogP contribution in [0.5, 0.6) is 0 Å². The summed E-state index contributed by atoms with van der Waals surface area (Å²) in [4.78, 5) is 2.50. The van der Waals surface area contributed by atoms with Crippen molar-refractivity contribution in [1.82, 2.24) is 4.57 Å². The van der Waals surface area contributed by atoms with Crippen molar-refractivity contribution in [3.05, 3.63) is 243 Å². The van der Waals surface area contributed by atoms with Gasteiger partial charge in [-0.05, 0) is 93.5 Å². The van der Waals surface area contributed by atoms with E-state index in [1.807, 2.05) is 11.3 Å². The summed E-state index contributed by atoms with van der Waals surface area (Å²) in [6, 6.07) is 88.4. The van der Waals surface area contributed by atoms with Crippen molar-refractivity contribution in [2.45, 2.75) is 0 Å². The first-order chi connectivity index (χ1) is 31.3. The van der Waals surface area contributed by atoms with Crippen LogP contribution in [-0.2, 0) is 0 Å². The van der Waals surface area contributed by atoms with Crippen LogP contribution >= 0.6 is 11.3 Å². The lowest BCUT2D eigenvalue weighted by Gasteiger charge is -2.30. The first kappa shape index (κ1) is 36.8. The quantitative estimate of drug-likeness (QED) is 0.148. The van der Waals surface area contributed by atoms with Gasteiger partial charge in [-0.3, -0.25) is 0 Å². The SMILES string of the molecule is c1ccc(-c2ccccc2-c2c(-c3ccccc3)cccc2N(c2ccc(-c3ccc(-n4c5ccccc5c5ccccc54)cc3)cc2)c2cccc3c2sc2ccccc23)cc1. The van der Waals surface area contributed by atoms with Crippen molar-refractivity contribution in [3.8, 4) is 50.2 Å². The average molecular weight is 821 g/mol. The topological polar surface area (TPSA) is 8.17 Å². The third-order valence-electron chi connectivity index (χ3n) is 12.4. The third kappa shape index (κ3) is 6.33. The molecule has 0 aliphatic rings. The van der Waals surface area contributed by atoms with Crippen LogP contribution in [-0.4, -0.2) is 4.57 Å². The zero-order valence-corrected chi connectivity index (χ0v) is 35.2. The van der Waals surface area contributed by atoms with Gasteiger partial charge in [-0.25, -0.2) is 0 Å². The van der Waals surface area contributed by atoms with E-state index in [1.54, 1.807) is 0 Å². The van der Waals surface area contributed by atoms with Crippen LogP contribution in [0.2, 0.25) is 0 Å². The summed E-state index contributed by atoms with van der Waals surface area (Å²) in [5.41, 5.74) is 16.4. The first-order valence-corrected chi connectivity index (χ1v) is 22.3. The fourth-order valence-electron chi connectivity index (χ4n) is 9.56. The Labute approximate surface area is 370 Å². The van der Waals surface area contributed by atoms with E-state index in [1.165, 1.54) is 86.5 Å². The summed E-state index contributed by atoms with van der Waals surface area (Å²) < 4.78 is 4.92. The van der Waals surface area contributed by atoms with Crippen molar-refractivity contribution >= 4 is 70.4 Å². The van der Waals surface area contributed by atoms with Gasteiger partial charge in [-0.2, -0.15) is 0 Å². The largest absolute Gasteiger partial charge is 0.309 e. The predicted molar refractivity (Wildman–Crippen MR) is 270 cm³/mol. The van der Waals surface area contributed by atoms with Crippen LogP contribution in [0.15, 0.2) is 243 Å². The maximum atomic E-state index is 2.50. The van der Waals surface area contributed by atoms with Gasteiger partial charge in [0, 0.05) is 43.2 Å². The van der Waals surface area contributed by atoms with E-state index in [0.717, 1.165) is 22.7 Å². The van der Waals surface area contributed by atoms with Gasteiger partial charge in [0.05, 0.1) is 27.1 Å². The highest BCUT2D eigenvalue weighted by Gasteiger charge is 2.25. The molecule has 2 heterocycles. The second kappa shape index (κ2) is 15.5. The number of hydrogen-bond acceptors (Lipinski definition) is 2. The van der Waals surface area contributed by atoms with E-state index >= 15 is 0 Å². The summed E-state index contributed by atoms with van der Waals surface area (Å²) in [5.74, 6) is 0. The predicted octanol–water partition coefficient (Wildman–Crippen LogP) is 17.3. The lowest BCUT2D eigenvalue weighted by Crippen LogP contribution is -2.12. The van der Waals surface area contributed by atoms with Gasteiger partial charge in [0.25, 0.3) is 0 Å². The van der Waals surface area contributed by atoms with E-state index in [4.69, 9.17) is 0 Å².